The zero-order valence-corrected chi connectivity index (χ0v) is 14.1. The minimum absolute atomic E-state index is 0.254. The van der Waals surface area contributed by atoms with Crippen LogP contribution in [0.4, 0.5) is 0 Å². The molecule has 0 unspecified atom stereocenters. The van der Waals surface area contributed by atoms with Crippen molar-refractivity contribution in [3.05, 3.63) is 64.1 Å². The molecule has 0 N–H and O–H groups in total. The monoisotopic (exact) mass is 362 g/mol. The summed E-state index contributed by atoms with van der Waals surface area (Å²) in [7, 11) is 0. The molecule has 0 radical (unpaired) electrons. The van der Waals surface area contributed by atoms with Gasteiger partial charge in [-0.1, -0.05) is 59.6 Å². The highest BCUT2D eigenvalue weighted by Crippen LogP contribution is 2.25. The molecule has 0 aliphatic carbocycles. The summed E-state index contributed by atoms with van der Waals surface area (Å²) in [6.45, 7) is 2.94. The highest BCUT2D eigenvalue weighted by atomic mass is 79.9. The number of esters is 1. The van der Waals surface area contributed by atoms with Gasteiger partial charge < -0.3 is 9.47 Å². The van der Waals surface area contributed by atoms with Gasteiger partial charge in [0.2, 0.25) is 0 Å². The predicted molar refractivity (Wildman–Crippen MR) is 90.1 cm³/mol. The van der Waals surface area contributed by atoms with Crippen LogP contribution in [0.2, 0.25) is 0 Å². The SMILES string of the molecule is CCCCOc1cc(Br)ccc1C(=O)OCc1ccccc1. The number of unbranched alkanes of at least 4 members (excludes halogenated alkanes) is 1. The van der Waals surface area contributed by atoms with Crippen molar-refractivity contribution in [1.29, 1.82) is 0 Å². The van der Waals surface area contributed by atoms with Crippen LogP contribution in [-0.2, 0) is 11.3 Å². The van der Waals surface area contributed by atoms with E-state index in [4.69, 9.17) is 9.47 Å². The fourth-order valence-corrected chi connectivity index (χ4v) is 2.25. The number of rotatable bonds is 7. The van der Waals surface area contributed by atoms with E-state index in [0.29, 0.717) is 17.9 Å². The summed E-state index contributed by atoms with van der Waals surface area (Å²) in [5.41, 5.74) is 1.41. The molecule has 2 aromatic rings. The van der Waals surface area contributed by atoms with Gasteiger partial charge in [0.25, 0.3) is 0 Å². The molecule has 0 aliphatic rings. The van der Waals surface area contributed by atoms with Crippen molar-refractivity contribution in [3.8, 4) is 5.75 Å². The number of hydrogen-bond acceptors (Lipinski definition) is 3. The highest BCUT2D eigenvalue weighted by Gasteiger charge is 2.14. The molecule has 0 amide bonds. The maximum absolute atomic E-state index is 12.3. The summed E-state index contributed by atoms with van der Waals surface area (Å²) in [5, 5.41) is 0. The summed E-state index contributed by atoms with van der Waals surface area (Å²) in [6.07, 6.45) is 1.99. The quantitative estimate of drug-likeness (QED) is 0.514. The van der Waals surface area contributed by atoms with E-state index in [0.717, 1.165) is 22.9 Å². The van der Waals surface area contributed by atoms with Gasteiger partial charge in [0.1, 0.15) is 17.9 Å². The van der Waals surface area contributed by atoms with E-state index in [9.17, 15) is 4.79 Å². The van der Waals surface area contributed by atoms with E-state index in [1.165, 1.54) is 0 Å². The molecule has 0 atom stereocenters. The van der Waals surface area contributed by atoms with Crippen molar-refractivity contribution in [2.75, 3.05) is 6.61 Å². The summed E-state index contributed by atoms with van der Waals surface area (Å²) >= 11 is 3.40. The molecule has 0 fully saturated rings. The molecule has 0 saturated carbocycles. The van der Waals surface area contributed by atoms with Crippen LogP contribution < -0.4 is 4.74 Å². The van der Waals surface area contributed by atoms with Gasteiger partial charge in [-0.05, 0) is 30.2 Å². The molecule has 3 nitrogen and oxygen atoms in total. The third-order valence-electron chi connectivity index (χ3n) is 3.13. The second-order valence-electron chi connectivity index (χ2n) is 4.90. The van der Waals surface area contributed by atoms with Crippen LogP contribution in [0.3, 0.4) is 0 Å². The van der Waals surface area contributed by atoms with Gasteiger partial charge in [0, 0.05) is 4.47 Å². The Morgan fingerprint density at radius 3 is 2.64 bits per heavy atom. The van der Waals surface area contributed by atoms with Crippen LogP contribution in [0.25, 0.3) is 0 Å². The highest BCUT2D eigenvalue weighted by molar-refractivity contribution is 9.10. The van der Waals surface area contributed by atoms with E-state index in [-0.39, 0.29) is 12.6 Å². The lowest BCUT2D eigenvalue weighted by atomic mass is 10.2. The minimum Gasteiger partial charge on any atom is -0.493 e. The van der Waals surface area contributed by atoms with Crippen molar-refractivity contribution in [3.63, 3.8) is 0 Å². The zero-order valence-electron chi connectivity index (χ0n) is 12.5. The van der Waals surface area contributed by atoms with Crippen LogP contribution in [0.15, 0.2) is 53.0 Å². The van der Waals surface area contributed by atoms with E-state index in [2.05, 4.69) is 22.9 Å². The first kappa shape index (κ1) is 16.6. The molecular formula is C18H19BrO3. The first-order valence-electron chi connectivity index (χ1n) is 7.34. The van der Waals surface area contributed by atoms with Gasteiger partial charge in [-0.15, -0.1) is 0 Å². The Morgan fingerprint density at radius 1 is 1.14 bits per heavy atom. The Bertz CT molecular complexity index is 611. The van der Waals surface area contributed by atoms with Crippen molar-refractivity contribution >= 4 is 21.9 Å². The van der Waals surface area contributed by atoms with E-state index in [1.54, 1.807) is 12.1 Å². The van der Waals surface area contributed by atoms with E-state index >= 15 is 0 Å². The van der Waals surface area contributed by atoms with Crippen LogP contribution in [0.1, 0.15) is 35.7 Å². The van der Waals surface area contributed by atoms with Crippen LogP contribution >= 0.6 is 15.9 Å². The second-order valence-corrected chi connectivity index (χ2v) is 5.82. The van der Waals surface area contributed by atoms with Crippen molar-refractivity contribution in [2.24, 2.45) is 0 Å². The van der Waals surface area contributed by atoms with Crippen LogP contribution in [0.5, 0.6) is 5.75 Å². The first-order chi connectivity index (χ1) is 10.7. The minimum atomic E-state index is -0.372. The predicted octanol–water partition coefficient (Wildman–Crippen LogP) is 4.99. The molecule has 116 valence electrons. The average molecular weight is 363 g/mol. The molecule has 0 spiro atoms. The zero-order chi connectivity index (χ0) is 15.8. The van der Waals surface area contributed by atoms with Crippen LogP contribution in [-0.4, -0.2) is 12.6 Å². The molecule has 0 aromatic heterocycles. The number of benzene rings is 2. The molecule has 0 bridgehead atoms. The second kappa shape index (κ2) is 8.59. The lowest BCUT2D eigenvalue weighted by Gasteiger charge is -2.11. The Morgan fingerprint density at radius 2 is 1.91 bits per heavy atom. The molecule has 0 aliphatic heterocycles. The molecule has 0 heterocycles. The van der Waals surface area contributed by atoms with Gasteiger partial charge in [0.05, 0.1) is 6.61 Å². The Labute approximate surface area is 139 Å². The van der Waals surface area contributed by atoms with Crippen molar-refractivity contribution < 1.29 is 14.3 Å². The molecule has 4 heteroatoms. The molecule has 2 aromatic carbocycles. The van der Waals surface area contributed by atoms with E-state index < -0.39 is 0 Å². The molecular weight excluding hydrogens is 344 g/mol. The molecule has 22 heavy (non-hydrogen) atoms. The first-order valence-corrected chi connectivity index (χ1v) is 8.13. The standard InChI is InChI=1S/C18H19BrO3/c1-2-3-11-21-17-12-15(19)9-10-16(17)18(20)22-13-14-7-5-4-6-8-14/h4-10,12H,2-3,11,13H2,1H3. The van der Waals surface area contributed by atoms with Crippen molar-refractivity contribution in [2.45, 2.75) is 26.4 Å². The Hall–Kier alpha value is -1.81. The maximum atomic E-state index is 12.3. The normalized spacial score (nSPS) is 10.3. The fraction of sp³-hybridized carbons (Fsp3) is 0.278. The molecule has 0 saturated heterocycles. The Balaban J connectivity index is 2.04. The lowest BCUT2D eigenvalue weighted by Crippen LogP contribution is -2.09. The summed E-state index contributed by atoms with van der Waals surface area (Å²) < 4.78 is 11.9. The number of hydrogen-bond donors (Lipinski definition) is 0. The largest absolute Gasteiger partial charge is 0.493 e. The third kappa shape index (κ3) is 4.88. The van der Waals surface area contributed by atoms with E-state index in [1.807, 2.05) is 36.4 Å². The fourth-order valence-electron chi connectivity index (χ4n) is 1.91. The molecule has 2 rings (SSSR count). The number of halogens is 1. The summed E-state index contributed by atoms with van der Waals surface area (Å²) in [6, 6.07) is 14.9. The lowest BCUT2D eigenvalue weighted by molar-refractivity contribution is 0.0468. The summed E-state index contributed by atoms with van der Waals surface area (Å²) in [4.78, 5) is 12.3. The Kier molecular flexibility index (Phi) is 6.46. The maximum Gasteiger partial charge on any atom is 0.342 e. The van der Waals surface area contributed by atoms with Crippen LogP contribution in [0, 0.1) is 0 Å². The average Bonchev–Trinajstić information content (AvgIpc) is 2.54. The smallest absolute Gasteiger partial charge is 0.342 e. The van der Waals surface area contributed by atoms with Gasteiger partial charge in [-0.2, -0.15) is 0 Å². The van der Waals surface area contributed by atoms with Gasteiger partial charge in [-0.3, -0.25) is 0 Å². The summed E-state index contributed by atoms with van der Waals surface area (Å²) in [5.74, 6) is 0.184. The van der Waals surface area contributed by atoms with Gasteiger partial charge in [0.15, 0.2) is 0 Å². The number of ether oxygens (including phenoxy) is 2. The third-order valence-corrected chi connectivity index (χ3v) is 3.63. The number of carbonyl (C=O) groups is 1. The number of carbonyl (C=O) groups excluding carboxylic acids is 1. The topological polar surface area (TPSA) is 35.5 Å². The van der Waals surface area contributed by atoms with Crippen molar-refractivity contribution in [1.82, 2.24) is 0 Å². The van der Waals surface area contributed by atoms with Gasteiger partial charge >= 0.3 is 5.97 Å². The van der Waals surface area contributed by atoms with Gasteiger partial charge in [-0.25, -0.2) is 4.79 Å².